The second-order valence-corrected chi connectivity index (χ2v) is 5.67. The Morgan fingerprint density at radius 3 is 1.90 bits per heavy atom. The van der Waals surface area contributed by atoms with Gasteiger partial charge in [0.2, 0.25) is 11.8 Å². The molecule has 0 atom stereocenters. The first-order chi connectivity index (χ1) is 9.20. The summed E-state index contributed by atoms with van der Waals surface area (Å²) < 4.78 is 0. The highest BCUT2D eigenvalue weighted by atomic mass is 35.5. The molecule has 0 unspecified atom stereocenters. The molecular weight excluding hydrogens is 278 g/mol. The van der Waals surface area contributed by atoms with Crippen molar-refractivity contribution in [3.05, 3.63) is 0 Å². The predicted molar refractivity (Wildman–Crippen MR) is 80.7 cm³/mol. The van der Waals surface area contributed by atoms with Crippen molar-refractivity contribution in [1.29, 1.82) is 0 Å². The molecule has 1 saturated carbocycles. The standard InChI is InChI=1S/C14H25N3O2.ClH/c15-11-14(19)17-8-6-16(7-9-17)13(18)10-12-4-2-1-3-5-12;/h12H,1-11,15H2;1H. The van der Waals surface area contributed by atoms with Crippen LogP contribution in [-0.2, 0) is 9.59 Å². The van der Waals surface area contributed by atoms with Crippen LogP contribution in [0, 0.1) is 5.92 Å². The average Bonchev–Trinajstić information content (AvgIpc) is 2.47. The Labute approximate surface area is 127 Å². The molecule has 2 amide bonds. The largest absolute Gasteiger partial charge is 0.339 e. The van der Waals surface area contributed by atoms with Gasteiger partial charge in [0.05, 0.1) is 6.54 Å². The van der Waals surface area contributed by atoms with Gasteiger partial charge in [-0.05, 0) is 18.8 Å². The molecule has 0 aromatic carbocycles. The third kappa shape index (κ3) is 4.63. The van der Waals surface area contributed by atoms with E-state index in [4.69, 9.17) is 5.73 Å². The molecule has 2 N–H and O–H groups in total. The van der Waals surface area contributed by atoms with E-state index in [1.807, 2.05) is 4.90 Å². The summed E-state index contributed by atoms with van der Waals surface area (Å²) in [5, 5.41) is 0. The normalized spacial score (nSPS) is 20.4. The van der Waals surface area contributed by atoms with Gasteiger partial charge < -0.3 is 15.5 Å². The fourth-order valence-electron chi connectivity index (χ4n) is 3.10. The molecule has 2 rings (SSSR count). The molecule has 2 fully saturated rings. The Morgan fingerprint density at radius 2 is 1.40 bits per heavy atom. The monoisotopic (exact) mass is 303 g/mol. The SMILES string of the molecule is Cl.NCC(=O)N1CCN(C(=O)CC2CCCCC2)CC1. The Bertz CT molecular complexity index is 324. The molecule has 0 aromatic heterocycles. The molecule has 116 valence electrons. The average molecular weight is 304 g/mol. The van der Waals surface area contributed by atoms with Crippen molar-refractivity contribution in [3.8, 4) is 0 Å². The molecule has 20 heavy (non-hydrogen) atoms. The highest BCUT2D eigenvalue weighted by Gasteiger charge is 2.25. The van der Waals surface area contributed by atoms with E-state index in [9.17, 15) is 9.59 Å². The minimum absolute atomic E-state index is 0. The van der Waals surface area contributed by atoms with Crippen molar-refractivity contribution in [2.45, 2.75) is 38.5 Å². The van der Waals surface area contributed by atoms with Gasteiger partial charge in [-0.25, -0.2) is 0 Å². The highest BCUT2D eigenvalue weighted by Crippen LogP contribution is 2.26. The van der Waals surface area contributed by atoms with Crippen LogP contribution in [0.2, 0.25) is 0 Å². The van der Waals surface area contributed by atoms with Gasteiger partial charge in [-0.2, -0.15) is 0 Å². The number of nitrogens with zero attached hydrogens (tertiary/aromatic N) is 2. The number of piperazine rings is 1. The molecule has 0 aromatic rings. The van der Waals surface area contributed by atoms with Crippen LogP contribution in [0.5, 0.6) is 0 Å². The number of carbonyl (C=O) groups excluding carboxylic acids is 2. The summed E-state index contributed by atoms with van der Waals surface area (Å²) in [6.45, 7) is 2.66. The predicted octanol–water partition coefficient (Wildman–Crippen LogP) is 1.01. The summed E-state index contributed by atoms with van der Waals surface area (Å²) in [4.78, 5) is 27.3. The van der Waals surface area contributed by atoms with Crippen LogP contribution in [0.15, 0.2) is 0 Å². The molecule has 2 aliphatic rings. The number of carbonyl (C=O) groups is 2. The fraction of sp³-hybridized carbons (Fsp3) is 0.857. The third-order valence-electron chi connectivity index (χ3n) is 4.35. The molecule has 1 aliphatic carbocycles. The van der Waals surface area contributed by atoms with Crippen molar-refractivity contribution in [3.63, 3.8) is 0 Å². The van der Waals surface area contributed by atoms with Gasteiger partial charge in [-0.15, -0.1) is 12.4 Å². The van der Waals surface area contributed by atoms with Crippen LogP contribution >= 0.6 is 12.4 Å². The Kier molecular flexibility index (Phi) is 7.30. The topological polar surface area (TPSA) is 66.6 Å². The number of halogens is 1. The molecular formula is C14H26ClN3O2. The highest BCUT2D eigenvalue weighted by molar-refractivity contribution is 5.85. The van der Waals surface area contributed by atoms with E-state index in [0.717, 1.165) is 0 Å². The van der Waals surface area contributed by atoms with Gasteiger partial charge in [0.25, 0.3) is 0 Å². The van der Waals surface area contributed by atoms with E-state index in [1.54, 1.807) is 4.90 Å². The van der Waals surface area contributed by atoms with Gasteiger partial charge in [0, 0.05) is 32.6 Å². The lowest BCUT2D eigenvalue weighted by atomic mass is 9.86. The second kappa shape index (κ2) is 8.47. The quantitative estimate of drug-likeness (QED) is 0.846. The van der Waals surface area contributed by atoms with Crippen molar-refractivity contribution in [2.24, 2.45) is 11.7 Å². The maximum Gasteiger partial charge on any atom is 0.236 e. The maximum atomic E-state index is 12.2. The van der Waals surface area contributed by atoms with E-state index >= 15 is 0 Å². The van der Waals surface area contributed by atoms with Gasteiger partial charge >= 0.3 is 0 Å². The summed E-state index contributed by atoms with van der Waals surface area (Å²) in [7, 11) is 0. The zero-order chi connectivity index (χ0) is 13.7. The molecule has 0 spiro atoms. The Balaban J connectivity index is 0.00000200. The first-order valence-corrected chi connectivity index (χ1v) is 7.46. The number of hydrogen-bond donors (Lipinski definition) is 1. The molecule has 6 heteroatoms. The van der Waals surface area contributed by atoms with Gasteiger partial charge in [-0.3, -0.25) is 9.59 Å². The smallest absolute Gasteiger partial charge is 0.236 e. The van der Waals surface area contributed by atoms with Crippen LogP contribution in [0.1, 0.15) is 38.5 Å². The van der Waals surface area contributed by atoms with Gasteiger partial charge in [-0.1, -0.05) is 19.3 Å². The summed E-state index contributed by atoms with van der Waals surface area (Å²) in [5.41, 5.74) is 5.35. The Hall–Kier alpha value is -0.810. The summed E-state index contributed by atoms with van der Waals surface area (Å²) in [6.07, 6.45) is 6.98. The van der Waals surface area contributed by atoms with Crippen LogP contribution in [0.4, 0.5) is 0 Å². The molecule has 5 nitrogen and oxygen atoms in total. The van der Waals surface area contributed by atoms with Crippen LogP contribution in [-0.4, -0.2) is 54.3 Å². The van der Waals surface area contributed by atoms with Crippen molar-refractivity contribution >= 4 is 24.2 Å². The fourth-order valence-corrected chi connectivity index (χ4v) is 3.10. The first kappa shape index (κ1) is 17.2. The number of rotatable bonds is 3. The third-order valence-corrected chi connectivity index (χ3v) is 4.35. The van der Waals surface area contributed by atoms with Crippen molar-refractivity contribution < 1.29 is 9.59 Å². The maximum absolute atomic E-state index is 12.2. The minimum Gasteiger partial charge on any atom is -0.339 e. The van der Waals surface area contributed by atoms with Gasteiger partial charge in [0.1, 0.15) is 0 Å². The van der Waals surface area contributed by atoms with Crippen LogP contribution < -0.4 is 5.73 Å². The number of hydrogen-bond acceptors (Lipinski definition) is 3. The van der Waals surface area contributed by atoms with E-state index in [-0.39, 0.29) is 30.8 Å². The van der Waals surface area contributed by atoms with Crippen LogP contribution in [0.3, 0.4) is 0 Å². The molecule has 0 radical (unpaired) electrons. The van der Waals surface area contributed by atoms with Crippen molar-refractivity contribution in [2.75, 3.05) is 32.7 Å². The van der Waals surface area contributed by atoms with E-state index in [0.29, 0.717) is 38.5 Å². The lowest BCUT2D eigenvalue weighted by Gasteiger charge is -2.35. The molecule has 1 heterocycles. The molecule has 1 aliphatic heterocycles. The number of amides is 2. The molecule has 1 saturated heterocycles. The zero-order valence-corrected chi connectivity index (χ0v) is 12.9. The second-order valence-electron chi connectivity index (χ2n) is 5.67. The Morgan fingerprint density at radius 1 is 0.900 bits per heavy atom. The van der Waals surface area contributed by atoms with E-state index in [1.165, 1.54) is 32.1 Å². The zero-order valence-electron chi connectivity index (χ0n) is 12.1. The lowest BCUT2D eigenvalue weighted by Crippen LogP contribution is -2.52. The summed E-state index contributed by atoms with van der Waals surface area (Å²) in [6, 6.07) is 0. The number of nitrogens with two attached hydrogens (primary N) is 1. The van der Waals surface area contributed by atoms with Crippen molar-refractivity contribution in [1.82, 2.24) is 9.80 Å². The molecule has 0 bridgehead atoms. The minimum atomic E-state index is -0.0145. The summed E-state index contributed by atoms with van der Waals surface area (Å²) in [5.74, 6) is 0.844. The van der Waals surface area contributed by atoms with Gasteiger partial charge in [0.15, 0.2) is 0 Å². The summed E-state index contributed by atoms with van der Waals surface area (Å²) >= 11 is 0. The van der Waals surface area contributed by atoms with E-state index in [2.05, 4.69) is 0 Å². The lowest BCUT2D eigenvalue weighted by molar-refractivity contribution is -0.139. The van der Waals surface area contributed by atoms with E-state index < -0.39 is 0 Å². The van der Waals surface area contributed by atoms with Crippen LogP contribution in [0.25, 0.3) is 0 Å². The first-order valence-electron chi connectivity index (χ1n) is 7.46.